The number of anilines is 1. The highest BCUT2D eigenvalue weighted by Gasteiger charge is 2.29. The van der Waals surface area contributed by atoms with E-state index in [9.17, 15) is 9.18 Å². The lowest BCUT2D eigenvalue weighted by Crippen LogP contribution is -2.14. The zero-order valence-corrected chi connectivity index (χ0v) is 7.46. The van der Waals surface area contributed by atoms with Gasteiger partial charge in [0.05, 0.1) is 5.69 Å². The molecule has 0 unspecified atom stereocenters. The van der Waals surface area contributed by atoms with Crippen molar-refractivity contribution in [1.82, 2.24) is 0 Å². The maximum absolute atomic E-state index is 13.1. The zero-order chi connectivity index (χ0) is 10.1. The molecule has 1 aromatic carbocycles. The van der Waals surface area contributed by atoms with Crippen molar-refractivity contribution in [3.8, 4) is 5.75 Å². The van der Waals surface area contributed by atoms with E-state index in [1.54, 1.807) is 0 Å². The van der Waals surface area contributed by atoms with Crippen molar-refractivity contribution in [2.45, 2.75) is 12.8 Å². The molecule has 14 heavy (non-hydrogen) atoms. The molecule has 1 aliphatic rings. The number of nitrogens with one attached hydrogen (secondary N) is 1. The summed E-state index contributed by atoms with van der Waals surface area (Å²) in [6.45, 7) is 0. The van der Waals surface area contributed by atoms with E-state index in [0.717, 1.165) is 18.9 Å². The van der Waals surface area contributed by atoms with E-state index in [2.05, 4.69) is 5.32 Å². The van der Waals surface area contributed by atoms with Crippen molar-refractivity contribution in [3.63, 3.8) is 0 Å². The van der Waals surface area contributed by atoms with Gasteiger partial charge in [0.1, 0.15) is 11.6 Å². The first-order chi connectivity index (χ1) is 6.66. The van der Waals surface area contributed by atoms with Gasteiger partial charge in [-0.3, -0.25) is 4.79 Å². The minimum Gasteiger partial charge on any atom is -0.508 e. The molecule has 0 bridgehead atoms. The molecule has 2 N–H and O–H groups in total. The summed E-state index contributed by atoms with van der Waals surface area (Å²) in [7, 11) is 0. The molecule has 0 heterocycles. The van der Waals surface area contributed by atoms with Crippen LogP contribution in [0.1, 0.15) is 12.8 Å². The summed E-state index contributed by atoms with van der Waals surface area (Å²) < 4.78 is 13.1. The molecule has 0 aromatic heterocycles. The van der Waals surface area contributed by atoms with E-state index in [-0.39, 0.29) is 23.3 Å². The Morgan fingerprint density at radius 3 is 2.79 bits per heavy atom. The third-order valence-corrected chi connectivity index (χ3v) is 2.16. The molecular formula is C10H10FNO2. The minimum atomic E-state index is -0.612. The van der Waals surface area contributed by atoms with Gasteiger partial charge in [0.15, 0.2) is 0 Å². The van der Waals surface area contributed by atoms with Crippen LogP contribution in [-0.2, 0) is 4.79 Å². The maximum atomic E-state index is 13.1. The molecule has 1 aliphatic carbocycles. The van der Waals surface area contributed by atoms with E-state index in [1.165, 1.54) is 12.1 Å². The standard InChI is InChI=1S/C10H10FNO2/c11-8-5-7(13)3-4-9(8)12-10(14)6-1-2-6/h3-6,13H,1-2H2,(H,12,14). The maximum Gasteiger partial charge on any atom is 0.227 e. The molecule has 3 nitrogen and oxygen atoms in total. The number of carbonyl (C=O) groups excluding carboxylic acids is 1. The molecule has 4 heteroatoms. The average molecular weight is 195 g/mol. The Morgan fingerprint density at radius 1 is 1.50 bits per heavy atom. The molecule has 74 valence electrons. The highest BCUT2D eigenvalue weighted by molar-refractivity contribution is 5.94. The second kappa shape index (κ2) is 3.29. The lowest BCUT2D eigenvalue weighted by atomic mass is 10.2. The lowest BCUT2D eigenvalue weighted by Gasteiger charge is -2.05. The quantitative estimate of drug-likeness (QED) is 0.708. The minimum absolute atomic E-state index is 0.0446. The number of benzene rings is 1. The van der Waals surface area contributed by atoms with E-state index in [1.807, 2.05) is 0 Å². The third-order valence-electron chi connectivity index (χ3n) is 2.16. The molecule has 1 amide bonds. The van der Waals surface area contributed by atoms with Gasteiger partial charge in [-0.05, 0) is 25.0 Å². The first-order valence-electron chi connectivity index (χ1n) is 4.46. The number of aromatic hydroxyl groups is 1. The lowest BCUT2D eigenvalue weighted by molar-refractivity contribution is -0.117. The number of hydrogen-bond acceptors (Lipinski definition) is 2. The molecular weight excluding hydrogens is 185 g/mol. The van der Waals surface area contributed by atoms with Crippen LogP contribution in [0, 0.1) is 11.7 Å². The number of hydrogen-bond donors (Lipinski definition) is 2. The average Bonchev–Trinajstić information content (AvgIpc) is 2.92. The van der Waals surface area contributed by atoms with Crippen LogP contribution in [-0.4, -0.2) is 11.0 Å². The largest absolute Gasteiger partial charge is 0.508 e. The fourth-order valence-corrected chi connectivity index (χ4v) is 1.19. The van der Waals surface area contributed by atoms with Crippen LogP contribution in [0.25, 0.3) is 0 Å². The summed E-state index contributed by atoms with van der Waals surface area (Å²) in [6, 6.07) is 3.67. The van der Waals surface area contributed by atoms with Crippen LogP contribution in [0.2, 0.25) is 0 Å². The zero-order valence-electron chi connectivity index (χ0n) is 7.46. The van der Waals surface area contributed by atoms with Crippen LogP contribution in [0.3, 0.4) is 0 Å². The van der Waals surface area contributed by atoms with E-state index in [4.69, 9.17) is 5.11 Å². The van der Waals surface area contributed by atoms with Gasteiger partial charge in [-0.15, -0.1) is 0 Å². The predicted molar refractivity (Wildman–Crippen MR) is 49.4 cm³/mol. The summed E-state index contributed by atoms with van der Waals surface area (Å²) in [6.07, 6.45) is 1.76. The molecule has 0 aliphatic heterocycles. The number of phenolic OH excluding ortho intramolecular Hbond substituents is 1. The Morgan fingerprint density at radius 2 is 2.21 bits per heavy atom. The van der Waals surface area contributed by atoms with Crippen LogP contribution < -0.4 is 5.32 Å². The summed E-state index contributed by atoms with van der Waals surface area (Å²) in [4.78, 5) is 11.3. The number of halogens is 1. The highest BCUT2D eigenvalue weighted by atomic mass is 19.1. The summed E-state index contributed by atoms with van der Waals surface area (Å²) in [5, 5.41) is 11.4. The second-order valence-corrected chi connectivity index (χ2v) is 3.43. The Labute approximate surface area is 80.6 Å². The van der Waals surface area contributed by atoms with Crippen molar-refractivity contribution >= 4 is 11.6 Å². The summed E-state index contributed by atoms with van der Waals surface area (Å²) in [5.74, 6) is -0.858. The van der Waals surface area contributed by atoms with Gasteiger partial charge in [0.2, 0.25) is 5.91 Å². The van der Waals surface area contributed by atoms with Gasteiger partial charge in [0.25, 0.3) is 0 Å². The topological polar surface area (TPSA) is 49.3 Å². The Kier molecular flexibility index (Phi) is 2.11. The Balaban J connectivity index is 2.11. The van der Waals surface area contributed by atoms with Gasteiger partial charge < -0.3 is 10.4 Å². The van der Waals surface area contributed by atoms with Crippen molar-refractivity contribution in [2.75, 3.05) is 5.32 Å². The molecule has 0 radical (unpaired) electrons. The molecule has 0 saturated heterocycles. The van der Waals surface area contributed by atoms with Crippen molar-refractivity contribution in [2.24, 2.45) is 5.92 Å². The molecule has 1 aromatic rings. The van der Waals surface area contributed by atoms with Gasteiger partial charge in [-0.25, -0.2) is 4.39 Å². The third kappa shape index (κ3) is 1.84. The van der Waals surface area contributed by atoms with Crippen molar-refractivity contribution in [1.29, 1.82) is 0 Å². The van der Waals surface area contributed by atoms with Crippen LogP contribution in [0.15, 0.2) is 18.2 Å². The van der Waals surface area contributed by atoms with Crippen molar-refractivity contribution < 1.29 is 14.3 Å². The van der Waals surface area contributed by atoms with E-state index >= 15 is 0 Å². The van der Waals surface area contributed by atoms with Gasteiger partial charge >= 0.3 is 0 Å². The molecule has 0 spiro atoms. The van der Waals surface area contributed by atoms with E-state index in [0.29, 0.717) is 0 Å². The second-order valence-electron chi connectivity index (χ2n) is 3.43. The Hall–Kier alpha value is -1.58. The fourth-order valence-electron chi connectivity index (χ4n) is 1.19. The van der Waals surface area contributed by atoms with Gasteiger partial charge in [-0.2, -0.15) is 0 Å². The number of carbonyl (C=O) groups is 1. The molecule has 1 fully saturated rings. The van der Waals surface area contributed by atoms with Crippen LogP contribution >= 0.6 is 0 Å². The SMILES string of the molecule is O=C(Nc1ccc(O)cc1F)C1CC1. The monoisotopic (exact) mass is 195 g/mol. The van der Waals surface area contributed by atoms with E-state index < -0.39 is 5.82 Å². The van der Waals surface area contributed by atoms with Gasteiger partial charge in [-0.1, -0.05) is 0 Å². The predicted octanol–water partition coefficient (Wildman–Crippen LogP) is 1.88. The number of phenols is 1. The summed E-state index contributed by atoms with van der Waals surface area (Å²) >= 11 is 0. The van der Waals surface area contributed by atoms with Crippen LogP contribution in [0.4, 0.5) is 10.1 Å². The molecule has 0 atom stereocenters. The molecule has 2 rings (SSSR count). The Bertz CT molecular complexity index is 374. The molecule has 1 saturated carbocycles. The number of amides is 1. The highest BCUT2D eigenvalue weighted by Crippen LogP contribution is 2.30. The summed E-state index contributed by atoms with van der Waals surface area (Å²) in [5.41, 5.74) is 0.125. The first-order valence-corrected chi connectivity index (χ1v) is 4.46. The number of rotatable bonds is 2. The normalized spacial score (nSPS) is 15.2. The first kappa shape index (κ1) is 8.99. The fraction of sp³-hybridized carbons (Fsp3) is 0.300. The van der Waals surface area contributed by atoms with Crippen LogP contribution in [0.5, 0.6) is 5.75 Å². The van der Waals surface area contributed by atoms with Gasteiger partial charge in [0, 0.05) is 12.0 Å². The smallest absolute Gasteiger partial charge is 0.227 e. The van der Waals surface area contributed by atoms with Crippen molar-refractivity contribution in [3.05, 3.63) is 24.0 Å².